The van der Waals surface area contributed by atoms with Crippen LogP contribution >= 0.6 is 11.6 Å². The molecule has 1 N–H and O–H groups in total. The lowest BCUT2D eigenvalue weighted by Gasteiger charge is -2.16. The molecule has 3 rings (SSSR count). The average Bonchev–Trinajstić information content (AvgIpc) is 2.58. The summed E-state index contributed by atoms with van der Waals surface area (Å²) in [6.45, 7) is 1.65. The third kappa shape index (κ3) is 3.49. The zero-order chi connectivity index (χ0) is 17.1. The molecule has 0 radical (unpaired) electrons. The van der Waals surface area contributed by atoms with Crippen molar-refractivity contribution in [1.82, 2.24) is 0 Å². The molecule has 0 heterocycles. The largest absolute Gasteiger partial charge is 0.480 e. The van der Waals surface area contributed by atoms with Gasteiger partial charge in [-0.3, -0.25) is 4.79 Å². The van der Waals surface area contributed by atoms with Crippen LogP contribution in [0.2, 0.25) is 5.02 Å². The number of amides is 1. The Morgan fingerprint density at radius 3 is 2.67 bits per heavy atom. The van der Waals surface area contributed by atoms with Crippen molar-refractivity contribution in [2.75, 3.05) is 5.32 Å². The molecule has 0 spiro atoms. The molecule has 3 aromatic carbocycles. The third-order valence-electron chi connectivity index (χ3n) is 3.61. The smallest absolute Gasteiger partial charge is 0.265 e. The first-order valence-electron chi connectivity index (χ1n) is 7.45. The van der Waals surface area contributed by atoms with Gasteiger partial charge < -0.3 is 10.1 Å². The van der Waals surface area contributed by atoms with Crippen LogP contribution in [0.4, 0.5) is 10.1 Å². The topological polar surface area (TPSA) is 38.3 Å². The Morgan fingerprint density at radius 2 is 1.88 bits per heavy atom. The molecule has 0 aromatic heterocycles. The maximum atomic E-state index is 13.2. The van der Waals surface area contributed by atoms with E-state index in [1.54, 1.807) is 6.92 Å². The molecule has 3 aromatic rings. The Morgan fingerprint density at radius 1 is 1.12 bits per heavy atom. The molecule has 0 bridgehead atoms. The Kier molecular flexibility index (Phi) is 4.67. The fourth-order valence-electron chi connectivity index (χ4n) is 2.36. The maximum absolute atomic E-state index is 13.2. The predicted molar refractivity (Wildman–Crippen MR) is 94.1 cm³/mol. The number of carbonyl (C=O) groups is 1. The minimum absolute atomic E-state index is 0.0459. The average molecular weight is 344 g/mol. The van der Waals surface area contributed by atoms with Gasteiger partial charge in [-0.2, -0.15) is 0 Å². The molecule has 1 atom stereocenters. The van der Waals surface area contributed by atoms with Gasteiger partial charge in [-0.1, -0.05) is 48.0 Å². The Bertz CT molecular complexity index is 892. The van der Waals surface area contributed by atoms with E-state index in [0.29, 0.717) is 11.4 Å². The summed E-state index contributed by atoms with van der Waals surface area (Å²) in [7, 11) is 0. The Labute approximate surface area is 144 Å². The summed E-state index contributed by atoms with van der Waals surface area (Å²) >= 11 is 5.71. The number of carbonyl (C=O) groups excluding carboxylic acids is 1. The first-order valence-corrected chi connectivity index (χ1v) is 7.83. The molecule has 0 aliphatic carbocycles. The number of halogens is 2. The monoisotopic (exact) mass is 343 g/mol. The highest BCUT2D eigenvalue weighted by atomic mass is 35.5. The first-order chi connectivity index (χ1) is 11.5. The second-order valence-electron chi connectivity index (χ2n) is 5.36. The van der Waals surface area contributed by atoms with E-state index in [0.717, 1.165) is 10.8 Å². The van der Waals surface area contributed by atoms with E-state index in [2.05, 4.69) is 5.32 Å². The fraction of sp³-hybridized carbons (Fsp3) is 0.105. The zero-order valence-electron chi connectivity index (χ0n) is 12.9. The lowest BCUT2D eigenvalue weighted by Crippen LogP contribution is -2.30. The van der Waals surface area contributed by atoms with Crippen LogP contribution < -0.4 is 10.1 Å². The predicted octanol–water partition coefficient (Wildman–Crippen LogP) is 5.04. The summed E-state index contributed by atoms with van der Waals surface area (Å²) in [5, 5.41) is 4.59. The normalized spacial score (nSPS) is 12.0. The van der Waals surface area contributed by atoms with Crippen LogP contribution in [0.25, 0.3) is 10.8 Å². The molecule has 0 unspecified atom stereocenters. The van der Waals surface area contributed by atoms with Crippen LogP contribution in [-0.2, 0) is 4.79 Å². The molecule has 5 heteroatoms. The van der Waals surface area contributed by atoms with E-state index in [4.69, 9.17) is 16.3 Å². The van der Waals surface area contributed by atoms with E-state index < -0.39 is 11.9 Å². The summed E-state index contributed by atoms with van der Waals surface area (Å²) in [5.74, 6) is -0.242. The molecular weight excluding hydrogens is 329 g/mol. The Balaban J connectivity index is 1.75. The van der Waals surface area contributed by atoms with Gasteiger partial charge in [-0.25, -0.2) is 4.39 Å². The second-order valence-corrected chi connectivity index (χ2v) is 5.76. The minimum Gasteiger partial charge on any atom is -0.480 e. The number of anilines is 1. The molecular formula is C19H15ClFNO2. The summed E-state index contributed by atoms with van der Waals surface area (Å²) in [6.07, 6.45) is -0.723. The van der Waals surface area contributed by atoms with Gasteiger partial charge in [0.1, 0.15) is 11.6 Å². The van der Waals surface area contributed by atoms with Crippen LogP contribution in [0.3, 0.4) is 0 Å². The van der Waals surface area contributed by atoms with Crippen molar-refractivity contribution in [2.45, 2.75) is 13.0 Å². The summed E-state index contributed by atoms with van der Waals surface area (Å²) in [5.41, 5.74) is 0.416. The molecule has 0 aliphatic heterocycles. The van der Waals surface area contributed by atoms with Gasteiger partial charge in [0, 0.05) is 11.1 Å². The SMILES string of the molecule is C[C@H](Oc1cccc2ccccc12)C(=O)Nc1ccc(F)c(Cl)c1. The molecule has 122 valence electrons. The first kappa shape index (κ1) is 16.3. The molecule has 3 nitrogen and oxygen atoms in total. The number of ether oxygens (including phenoxy) is 1. The van der Waals surface area contributed by atoms with Crippen LogP contribution in [0.5, 0.6) is 5.75 Å². The minimum atomic E-state index is -0.723. The van der Waals surface area contributed by atoms with E-state index in [1.807, 2.05) is 42.5 Å². The molecule has 0 fully saturated rings. The quantitative estimate of drug-likeness (QED) is 0.720. The van der Waals surface area contributed by atoms with E-state index >= 15 is 0 Å². The fourth-order valence-corrected chi connectivity index (χ4v) is 2.54. The molecule has 1 amide bonds. The number of hydrogen-bond donors (Lipinski definition) is 1. The number of benzene rings is 3. The lowest BCUT2D eigenvalue weighted by molar-refractivity contribution is -0.122. The van der Waals surface area contributed by atoms with E-state index in [-0.39, 0.29) is 10.9 Å². The highest BCUT2D eigenvalue weighted by Gasteiger charge is 2.16. The standard InChI is InChI=1S/C19H15ClFNO2/c1-12(19(23)22-14-9-10-17(21)16(20)11-14)24-18-8-4-6-13-5-2-3-7-15(13)18/h2-12H,1H3,(H,22,23)/t12-/m0/s1. The van der Waals surface area contributed by atoms with Crippen molar-refractivity contribution in [1.29, 1.82) is 0 Å². The van der Waals surface area contributed by atoms with Crippen LogP contribution in [-0.4, -0.2) is 12.0 Å². The van der Waals surface area contributed by atoms with Gasteiger partial charge in [0.05, 0.1) is 5.02 Å². The van der Waals surface area contributed by atoms with Crippen molar-refractivity contribution in [3.63, 3.8) is 0 Å². The van der Waals surface area contributed by atoms with Crippen molar-refractivity contribution in [3.05, 3.63) is 71.5 Å². The third-order valence-corrected chi connectivity index (χ3v) is 3.90. The lowest BCUT2D eigenvalue weighted by atomic mass is 10.1. The van der Waals surface area contributed by atoms with E-state index in [1.165, 1.54) is 18.2 Å². The number of hydrogen-bond acceptors (Lipinski definition) is 2. The highest BCUT2D eigenvalue weighted by Crippen LogP contribution is 2.26. The van der Waals surface area contributed by atoms with Crippen molar-refractivity contribution in [2.24, 2.45) is 0 Å². The van der Waals surface area contributed by atoms with Crippen LogP contribution in [0.1, 0.15) is 6.92 Å². The van der Waals surface area contributed by atoms with E-state index in [9.17, 15) is 9.18 Å². The summed E-state index contributed by atoms with van der Waals surface area (Å²) < 4.78 is 19.0. The molecule has 0 saturated heterocycles. The zero-order valence-corrected chi connectivity index (χ0v) is 13.7. The van der Waals surface area contributed by atoms with Crippen LogP contribution in [0, 0.1) is 5.82 Å². The summed E-state index contributed by atoms with van der Waals surface area (Å²) in [6, 6.07) is 17.5. The molecule has 24 heavy (non-hydrogen) atoms. The number of nitrogens with one attached hydrogen (secondary N) is 1. The second kappa shape index (κ2) is 6.89. The Hall–Kier alpha value is -2.59. The van der Waals surface area contributed by atoms with Crippen LogP contribution in [0.15, 0.2) is 60.7 Å². The van der Waals surface area contributed by atoms with Gasteiger partial charge in [0.2, 0.25) is 0 Å². The summed E-state index contributed by atoms with van der Waals surface area (Å²) in [4.78, 5) is 12.3. The number of fused-ring (bicyclic) bond motifs is 1. The van der Waals surface area contributed by atoms with Gasteiger partial charge in [0.15, 0.2) is 6.10 Å². The molecule has 0 aliphatic rings. The maximum Gasteiger partial charge on any atom is 0.265 e. The van der Waals surface area contributed by atoms with Gasteiger partial charge in [0.25, 0.3) is 5.91 Å². The van der Waals surface area contributed by atoms with Gasteiger partial charge in [-0.05, 0) is 36.6 Å². The van der Waals surface area contributed by atoms with Crippen molar-refractivity contribution < 1.29 is 13.9 Å². The highest BCUT2D eigenvalue weighted by molar-refractivity contribution is 6.31. The van der Waals surface area contributed by atoms with Crippen molar-refractivity contribution in [3.8, 4) is 5.75 Å². The molecule has 0 saturated carbocycles. The van der Waals surface area contributed by atoms with Gasteiger partial charge >= 0.3 is 0 Å². The number of rotatable bonds is 4. The van der Waals surface area contributed by atoms with Crippen molar-refractivity contribution >= 4 is 34.0 Å². The van der Waals surface area contributed by atoms with Gasteiger partial charge in [-0.15, -0.1) is 0 Å².